The topological polar surface area (TPSA) is 9.23 Å². The maximum Gasteiger partial charge on any atom is 0.122 e. The Balaban J connectivity index is 0.00000144. The van der Waals surface area contributed by atoms with Gasteiger partial charge in [-0.2, -0.15) is 0 Å². The van der Waals surface area contributed by atoms with Gasteiger partial charge >= 0.3 is 0 Å². The third-order valence-electron chi connectivity index (χ3n) is 3.83. The number of methoxy groups -OCH3 is 1. The summed E-state index contributed by atoms with van der Waals surface area (Å²) in [6, 6.07) is 27.6. The summed E-state index contributed by atoms with van der Waals surface area (Å²) in [6.45, 7) is 0. The van der Waals surface area contributed by atoms with Crippen molar-refractivity contribution in [3.05, 3.63) is 101 Å². The van der Waals surface area contributed by atoms with Crippen molar-refractivity contribution in [2.75, 3.05) is 7.11 Å². The molecule has 0 atom stereocenters. The van der Waals surface area contributed by atoms with Crippen molar-refractivity contribution in [1.82, 2.24) is 0 Å². The van der Waals surface area contributed by atoms with Crippen LogP contribution in [0.4, 0.5) is 0 Å². The van der Waals surface area contributed by atoms with Gasteiger partial charge in [-0.15, -0.1) is 0 Å². The molecule has 0 saturated carbocycles. The van der Waals surface area contributed by atoms with Gasteiger partial charge < -0.3 is 4.74 Å². The second-order valence-electron chi connectivity index (χ2n) is 5.47. The Bertz CT molecular complexity index is 718. The van der Waals surface area contributed by atoms with E-state index in [0.717, 1.165) is 18.6 Å². The van der Waals surface area contributed by atoms with Gasteiger partial charge in [0, 0.05) is 6.42 Å². The van der Waals surface area contributed by atoms with E-state index in [1.807, 2.05) is 6.07 Å². The van der Waals surface area contributed by atoms with Gasteiger partial charge in [-0.1, -0.05) is 87.6 Å². The van der Waals surface area contributed by atoms with Crippen molar-refractivity contribution in [2.24, 2.45) is 0 Å². The van der Waals surface area contributed by atoms with Gasteiger partial charge in [0.25, 0.3) is 0 Å². The van der Waals surface area contributed by atoms with Crippen LogP contribution >= 0.6 is 0 Å². The lowest BCUT2D eigenvalue weighted by Gasteiger charge is -2.11. The molecule has 0 bridgehead atoms. The fourth-order valence-electron chi connectivity index (χ4n) is 2.73. The van der Waals surface area contributed by atoms with Crippen LogP contribution in [0.1, 0.15) is 37.1 Å². The minimum absolute atomic E-state index is 0. The monoisotopic (exact) mass is 320 g/mol. The van der Waals surface area contributed by atoms with E-state index in [2.05, 4.69) is 72.8 Å². The molecule has 0 saturated heterocycles. The lowest BCUT2D eigenvalue weighted by Crippen LogP contribution is -1.97. The highest BCUT2D eigenvalue weighted by Crippen LogP contribution is 2.24. The number of hydrogen-bond acceptors (Lipinski definition) is 1. The van der Waals surface area contributed by atoms with Crippen LogP contribution in [0.15, 0.2) is 78.9 Å². The van der Waals surface area contributed by atoms with Crippen LogP contribution in [0.2, 0.25) is 0 Å². The van der Waals surface area contributed by atoms with Crippen molar-refractivity contribution in [3.8, 4) is 5.75 Å². The predicted octanol–water partition coefficient (Wildman–Crippen LogP) is 6.15. The van der Waals surface area contributed by atoms with Crippen molar-refractivity contribution in [2.45, 2.75) is 27.7 Å². The molecule has 0 aliphatic carbocycles. The molecule has 0 aliphatic rings. The Kier molecular flexibility index (Phi) is 7.77. The second-order valence-corrected chi connectivity index (χ2v) is 5.47. The van der Waals surface area contributed by atoms with Crippen molar-refractivity contribution in [1.29, 1.82) is 0 Å². The van der Waals surface area contributed by atoms with E-state index in [9.17, 15) is 0 Å². The van der Waals surface area contributed by atoms with Gasteiger partial charge in [0.2, 0.25) is 0 Å². The molecule has 3 aromatic rings. The van der Waals surface area contributed by atoms with Crippen LogP contribution in [0.5, 0.6) is 5.75 Å². The molecule has 0 spiro atoms. The van der Waals surface area contributed by atoms with Gasteiger partial charge in [0.15, 0.2) is 0 Å². The highest BCUT2D eigenvalue weighted by molar-refractivity contribution is 5.42. The molecule has 24 heavy (non-hydrogen) atoms. The molecule has 0 amide bonds. The smallest absolute Gasteiger partial charge is 0.122 e. The van der Waals surface area contributed by atoms with E-state index < -0.39 is 0 Å². The number of hydrogen-bond donors (Lipinski definition) is 0. The van der Waals surface area contributed by atoms with Gasteiger partial charge in [-0.25, -0.2) is 0 Å². The zero-order chi connectivity index (χ0) is 15.2. The third kappa shape index (κ3) is 4.99. The number of ether oxygens (including phenoxy) is 1. The van der Waals surface area contributed by atoms with Gasteiger partial charge in [-0.05, 0) is 34.7 Å². The molecule has 0 aromatic heterocycles. The molecule has 0 fully saturated rings. The molecule has 126 valence electrons. The summed E-state index contributed by atoms with van der Waals surface area (Å²) in [6.07, 6.45) is 1.85. The zero-order valence-electron chi connectivity index (χ0n) is 12.8. The summed E-state index contributed by atoms with van der Waals surface area (Å²) in [5, 5.41) is 0. The van der Waals surface area contributed by atoms with E-state index in [4.69, 9.17) is 4.74 Å². The lowest BCUT2D eigenvalue weighted by atomic mass is 9.98. The first-order valence-corrected chi connectivity index (χ1v) is 7.59. The fourth-order valence-corrected chi connectivity index (χ4v) is 2.73. The van der Waals surface area contributed by atoms with Crippen molar-refractivity contribution >= 4 is 0 Å². The highest BCUT2D eigenvalue weighted by atomic mass is 16.5. The summed E-state index contributed by atoms with van der Waals surface area (Å²) >= 11 is 0. The van der Waals surface area contributed by atoms with Gasteiger partial charge in [0.1, 0.15) is 5.75 Å². The van der Waals surface area contributed by atoms with Crippen LogP contribution in [-0.4, -0.2) is 7.11 Å². The van der Waals surface area contributed by atoms with E-state index in [1.54, 1.807) is 7.11 Å². The fraction of sp³-hybridized carbons (Fsp3) is 0.217. The number of rotatable bonds is 5. The highest BCUT2D eigenvalue weighted by Gasteiger charge is 2.06. The minimum Gasteiger partial charge on any atom is -0.496 e. The molecular weight excluding hydrogens is 292 g/mol. The normalized spacial score (nSPS) is 9.54. The molecule has 0 N–H and O–H groups in total. The molecule has 3 aromatic carbocycles. The quantitative estimate of drug-likeness (QED) is 0.548. The Hall–Kier alpha value is -2.54. The van der Waals surface area contributed by atoms with E-state index in [-0.39, 0.29) is 14.9 Å². The first-order valence-electron chi connectivity index (χ1n) is 7.59. The molecule has 0 unspecified atom stereocenters. The van der Waals surface area contributed by atoms with E-state index in [1.165, 1.54) is 22.3 Å². The third-order valence-corrected chi connectivity index (χ3v) is 3.83. The van der Waals surface area contributed by atoms with Crippen LogP contribution in [0, 0.1) is 0 Å². The average molecular weight is 320 g/mol. The molecule has 3 rings (SSSR count). The van der Waals surface area contributed by atoms with E-state index >= 15 is 0 Å². The Morgan fingerprint density at radius 2 is 1.17 bits per heavy atom. The molecule has 0 aliphatic heterocycles. The second kappa shape index (κ2) is 9.57. The van der Waals surface area contributed by atoms with Crippen molar-refractivity contribution < 1.29 is 4.74 Å². The van der Waals surface area contributed by atoms with Crippen LogP contribution < -0.4 is 4.74 Å². The molecule has 0 heterocycles. The van der Waals surface area contributed by atoms with Crippen LogP contribution in [0.3, 0.4) is 0 Å². The Morgan fingerprint density at radius 3 is 1.71 bits per heavy atom. The molecule has 0 radical (unpaired) electrons. The van der Waals surface area contributed by atoms with Crippen molar-refractivity contribution in [3.63, 3.8) is 0 Å². The number of benzene rings is 3. The zero-order valence-corrected chi connectivity index (χ0v) is 12.8. The maximum absolute atomic E-state index is 5.52. The van der Waals surface area contributed by atoms with E-state index in [0.29, 0.717) is 0 Å². The maximum atomic E-state index is 5.52. The molecule has 1 heteroatoms. The molecule has 1 nitrogen and oxygen atoms in total. The Morgan fingerprint density at radius 1 is 0.625 bits per heavy atom. The van der Waals surface area contributed by atoms with Gasteiger partial charge in [-0.3, -0.25) is 0 Å². The Labute approximate surface area is 146 Å². The van der Waals surface area contributed by atoms with Crippen LogP contribution in [0.25, 0.3) is 0 Å². The minimum atomic E-state index is 0. The van der Waals surface area contributed by atoms with Gasteiger partial charge in [0.05, 0.1) is 7.11 Å². The van der Waals surface area contributed by atoms with Crippen LogP contribution in [-0.2, 0) is 12.8 Å². The SMILES string of the molecule is C.C.COc1ccc(Cc2ccccc2)cc1Cc1ccccc1. The largest absolute Gasteiger partial charge is 0.496 e. The lowest BCUT2D eigenvalue weighted by molar-refractivity contribution is 0.410. The molecular formula is C23H28O. The summed E-state index contributed by atoms with van der Waals surface area (Å²) in [5.74, 6) is 0.959. The first-order chi connectivity index (χ1) is 10.8. The summed E-state index contributed by atoms with van der Waals surface area (Å²) < 4.78 is 5.52. The summed E-state index contributed by atoms with van der Waals surface area (Å²) in [7, 11) is 1.74. The average Bonchev–Trinajstić information content (AvgIpc) is 2.57. The summed E-state index contributed by atoms with van der Waals surface area (Å²) in [4.78, 5) is 0. The standard InChI is InChI=1S/C21H20O.2CH4/c1-22-21-13-12-19(14-17-8-4-2-5-9-17)16-20(21)15-18-10-6-3-7-11-18;;/h2-13,16H,14-15H2,1H3;2*1H4. The first kappa shape index (κ1) is 19.5. The summed E-state index contributed by atoms with van der Waals surface area (Å²) in [5.41, 5.74) is 5.19. The predicted molar refractivity (Wildman–Crippen MR) is 105 cm³/mol.